The van der Waals surface area contributed by atoms with Crippen LogP contribution in [-0.2, 0) is 9.53 Å². The summed E-state index contributed by atoms with van der Waals surface area (Å²) in [4.78, 5) is 33.4. The van der Waals surface area contributed by atoms with Gasteiger partial charge in [0.05, 0.1) is 28.5 Å². The van der Waals surface area contributed by atoms with Crippen LogP contribution in [-0.4, -0.2) is 28.0 Å². The Morgan fingerprint density at radius 1 is 1.13 bits per heavy atom. The van der Waals surface area contributed by atoms with E-state index in [9.17, 15) is 9.59 Å². The number of ether oxygens (including phenoxy) is 1. The number of aryl methyl sites for hydroxylation is 1. The van der Waals surface area contributed by atoms with E-state index in [0.717, 1.165) is 37.6 Å². The molecule has 6 nitrogen and oxygen atoms in total. The topological polar surface area (TPSA) is 65.6 Å². The maximum absolute atomic E-state index is 14.0. The molecule has 0 fully saturated rings. The number of fused-ring (bicyclic) bond motifs is 1. The molecule has 5 rings (SSSR count). The molecule has 0 amide bonds. The molecule has 200 valence electrons. The highest BCUT2D eigenvalue weighted by Crippen LogP contribution is 2.32. The Morgan fingerprint density at radius 3 is 2.46 bits per heavy atom. The highest BCUT2D eigenvalue weighted by Gasteiger charge is 2.33. The Kier molecular flexibility index (Phi) is 7.84. The molecule has 1 aliphatic rings. The number of allylic oxidation sites excluding steroid dienone is 1. The van der Waals surface area contributed by atoms with E-state index < -0.39 is 12.0 Å². The molecule has 0 saturated heterocycles. The van der Waals surface area contributed by atoms with Crippen LogP contribution in [0.15, 0.2) is 85.0 Å². The van der Waals surface area contributed by atoms with Gasteiger partial charge in [0.25, 0.3) is 5.56 Å². The first-order valence-corrected chi connectivity index (χ1v) is 15.4. The summed E-state index contributed by atoms with van der Waals surface area (Å²) in [6, 6.07) is 17.6. The fourth-order valence-electron chi connectivity index (χ4n) is 4.96. The fourth-order valence-corrected chi connectivity index (χ4v) is 6.67. The van der Waals surface area contributed by atoms with E-state index in [1.165, 1.54) is 11.3 Å². The van der Waals surface area contributed by atoms with E-state index in [4.69, 9.17) is 9.73 Å². The van der Waals surface area contributed by atoms with Gasteiger partial charge in [-0.25, -0.2) is 9.79 Å². The highest BCUT2D eigenvalue weighted by molar-refractivity contribution is 9.10. The molecule has 0 saturated carbocycles. The van der Waals surface area contributed by atoms with E-state index >= 15 is 0 Å². The Labute approximate surface area is 243 Å². The summed E-state index contributed by atoms with van der Waals surface area (Å²) in [5.74, 6) is -0.454. The fraction of sp³-hybridized carbons (Fsp3) is 0.233. The number of halogens is 1. The van der Waals surface area contributed by atoms with Gasteiger partial charge in [-0.15, -0.1) is 11.8 Å². The van der Waals surface area contributed by atoms with Crippen molar-refractivity contribution in [1.29, 1.82) is 0 Å². The molecule has 0 aliphatic carbocycles. The molecule has 3 heterocycles. The number of carbonyl (C=O) groups excluding carboxylic acids is 1. The van der Waals surface area contributed by atoms with Gasteiger partial charge in [-0.2, -0.15) is 0 Å². The Hall–Kier alpha value is -3.14. The van der Waals surface area contributed by atoms with Crippen LogP contribution in [0.4, 0.5) is 0 Å². The van der Waals surface area contributed by atoms with Crippen LogP contribution >= 0.6 is 39.0 Å². The molecular weight excluding hydrogens is 594 g/mol. The Balaban J connectivity index is 1.68. The van der Waals surface area contributed by atoms with Gasteiger partial charge in [0.2, 0.25) is 0 Å². The molecule has 0 radical (unpaired) electrons. The number of aromatic nitrogens is 2. The second-order valence-corrected chi connectivity index (χ2v) is 12.0. The number of esters is 1. The smallest absolute Gasteiger partial charge is 0.338 e. The lowest BCUT2D eigenvalue weighted by atomic mass is 9.96. The molecule has 1 aliphatic heterocycles. The number of thiazole rings is 1. The normalized spacial score (nSPS) is 15.3. The molecule has 39 heavy (non-hydrogen) atoms. The molecule has 0 unspecified atom stereocenters. The SMILES string of the molecule is CCOC(=O)C1=C(C)N=c2s/c(=C\c3cc(C)n(-c4ccc(Br)cc4)c3C)c(=O)n2[C@H]1c1ccc(SC)cc1. The second-order valence-electron chi connectivity index (χ2n) is 9.21. The van der Waals surface area contributed by atoms with Crippen molar-refractivity contribution >= 4 is 51.1 Å². The van der Waals surface area contributed by atoms with Gasteiger partial charge in [0.1, 0.15) is 0 Å². The number of carbonyl (C=O) groups is 1. The average Bonchev–Trinajstić information content (AvgIpc) is 3.38. The molecule has 9 heteroatoms. The van der Waals surface area contributed by atoms with Crippen molar-refractivity contribution in [3.63, 3.8) is 0 Å². The molecule has 1 atom stereocenters. The molecule has 2 aromatic heterocycles. The third-order valence-electron chi connectivity index (χ3n) is 6.79. The van der Waals surface area contributed by atoms with E-state index in [1.54, 1.807) is 30.2 Å². The van der Waals surface area contributed by atoms with Gasteiger partial charge >= 0.3 is 5.97 Å². The minimum absolute atomic E-state index is 0.180. The van der Waals surface area contributed by atoms with Gasteiger partial charge < -0.3 is 9.30 Å². The minimum Gasteiger partial charge on any atom is -0.463 e. The van der Waals surface area contributed by atoms with Crippen LogP contribution in [0, 0.1) is 13.8 Å². The first kappa shape index (κ1) is 27.4. The summed E-state index contributed by atoms with van der Waals surface area (Å²) in [5, 5.41) is 0. The number of hydrogen-bond acceptors (Lipinski definition) is 6. The largest absolute Gasteiger partial charge is 0.463 e. The van der Waals surface area contributed by atoms with E-state index in [0.29, 0.717) is 20.6 Å². The van der Waals surface area contributed by atoms with Crippen molar-refractivity contribution in [3.05, 3.63) is 113 Å². The summed E-state index contributed by atoms with van der Waals surface area (Å²) in [5.41, 5.74) is 5.73. The van der Waals surface area contributed by atoms with Crippen molar-refractivity contribution in [2.24, 2.45) is 4.99 Å². The molecule has 0 bridgehead atoms. The summed E-state index contributed by atoms with van der Waals surface area (Å²) >= 11 is 6.48. The van der Waals surface area contributed by atoms with E-state index in [2.05, 4.69) is 52.5 Å². The zero-order valence-corrected chi connectivity index (χ0v) is 25.5. The Bertz CT molecular complexity index is 1780. The van der Waals surface area contributed by atoms with Gasteiger partial charge in [0.15, 0.2) is 4.80 Å². The predicted octanol–water partition coefficient (Wildman–Crippen LogP) is 5.69. The third-order valence-corrected chi connectivity index (χ3v) is 9.05. The summed E-state index contributed by atoms with van der Waals surface area (Å²) in [6.45, 7) is 7.93. The first-order valence-electron chi connectivity index (χ1n) is 12.5. The zero-order chi connectivity index (χ0) is 27.8. The van der Waals surface area contributed by atoms with Gasteiger partial charge in [-0.3, -0.25) is 9.36 Å². The quantitative estimate of drug-likeness (QED) is 0.205. The van der Waals surface area contributed by atoms with Crippen molar-refractivity contribution in [1.82, 2.24) is 9.13 Å². The summed E-state index contributed by atoms with van der Waals surface area (Å²) in [7, 11) is 0. The molecule has 0 spiro atoms. The Morgan fingerprint density at radius 2 is 1.82 bits per heavy atom. The number of rotatable bonds is 6. The van der Waals surface area contributed by atoms with E-state index in [-0.39, 0.29) is 12.2 Å². The first-order chi connectivity index (χ1) is 18.7. The maximum atomic E-state index is 14.0. The van der Waals surface area contributed by atoms with Crippen molar-refractivity contribution < 1.29 is 9.53 Å². The van der Waals surface area contributed by atoms with Gasteiger partial charge in [-0.05, 0) is 93.6 Å². The molecule has 0 N–H and O–H groups in total. The predicted molar refractivity (Wildman–Crippen MR) is 162 cm³/mol. The maximum Gasteiger partial charge on any atom is 0.338 e. The average molecular weight is 623 g/mol. The third kappa shape index (κ3) is 5.11. The number of hydrogen-bond donors (Lipinski definition) is 0. The van der Waals surface area contributed by atoms with Gasteiger partial charge in [-0.1, -0.05) is 39.4 Å². The zero-order valence-electron chi connectivity index (χ0n) is 22.3. The van der Waals surface area contributed by atoms with Crippen LogP contribution in [0.1, 0.15) is 42.4 Å². The van der Waals surface area contributed by atoms with E-state index in [1.807, 2.05) is 48.7 Å². The summed E-state index contributed by atoms with van der Waals surface area (Å²) < 4.78 is 10.8. The standard InChI is InChI=1S/C30H28BrN3O3S2/c1-6-37-29(36)26-18(3)32-30-34(27(26)20-7-13-24(38-5)14-8-20)28(35)25(39-30)16-21-15-17(2)33(19(21)4)23-11-9-22(31)10-12-23/h7-16,27H,6H2,1-5H3/b25-16-/t27-/m0/s1. The number of benzene rings is 2. The second kappa shape index (κ2) is 11.2. The molecule has 2 aromatic carbocycles. The number of thioether (sulfide) groups is 1. The molecular formula is C30H28BrN3O3S2. The van der Waals surface area contributed by atoms with Crippen LogP contribution < -0.4 is 14.9 Å². The van der Waals surface area contributed by atoms with Crippen molar-refractivity contribution in [3.8, 4) is 5.69 Å². The monoisotopic (exact) mass is 621 g/mol. The highest BCUT2D eigenvalue weighted by atomic mass is 79.9. The minimum atomic E-state index is -0.617. The van der Waals surface area contributed by atoms with Crippen LogP contribution in [0.25, 0.3) is 11.8 Å². The van der Waals surface area contributed by atoms with Crippen LogP contribution in [0.3, 0.4) is 0 Å². The van der Waals surface area contributed by atoms with Crippen molar-refractivity contribution in [2.75, 3.05) is 12.9 Å². The lowest BCUT2D eigenvalue weighted by Crippen LogP contribution is -2.39. The lowest BCUT2D eigenvalue weighted by molar-refractivity contribution is -0.139. The lowest BCUT2D eigenvalue weighted by Gasteiger charge is -2.24. The van der Waals surface area contributed by atoms with Crippen molar-refractivity contribution in [2.45, 2.75) is 38.6 Å². The summed E-state index contributed by atoms with van der Waals surface area (Å²) in [6.07, 6.45) is 3.94. The van der Waals surface area contributed by atoms with Crippen LogP contribution in [0.5, 0.6) is 0 Å². The van der Waals surface area contributed by atoms with Crippen LogP contribution in [0.2, 0.25) is 0 Å². The van der Waals surface area contributed by atoms with Gasteiger partial charge in [0, 0.05) is 26.4 Å². The number of nitrogens with zero attached hydrogens (tertiary/aromatic N) is 3. The molecule has 4 aromatic rings.